The van der Waals surface area contributed by atoms with Crippen molar-refractivity contribution in [2.75, 3.05) is 0 Å². The van der Waals surface area contributed by atoms with Gasteiger partial charge in [0.1, 0.15) is 11.9 Å². The Bertz CT molecular complexity index is 1020. The molecule has 4 unspecified atom stereocenters. The summed E-state index contributed by atoms with van der Waals surface area (Å²) < 4.78 is 46.8. The third kappa shape index (κ3) is 8.40. The summed E-state index contributed by atoms with van der Waals surface area (Å²) in [6, 6.07) is 0. The SMILES string of the molecule is C/C(=C\c1csc(C)n1)C1C/C=C(/C(F)(F)F)C/C=C/C(C)C(O)C(C)C(=O)C(C)(C)CCC(=O)O1. The maximum absolute atomic E-state index is 13.7. The predicted molar refractivity (Wildman–Crippen MR) is 135 cm³/mol. The normalized spacial score (nSPS) is 29.8. The number of ketones is 1. The van der Waals surface area contributed by atoms with E-state index >= 15 is 0 Å². The highest BCUT2D eigenvalue weighted by Crippen LogP contribution is 2.33. The summed E-state index contributed by atoms with van der Waals surface area (Å²) in [4.78, 5) is 30.2. The standard InChI is InChI=1S/C27H36F3NO4S/c1-16-8-7-9-20(27(28,29)30)10-11-22(17(2)14-21-15-36-19(4)31-21)35-23(32)12-13-26(5,6)25(34)18(3)24(16)33/h7-8,10,14-16,18,22,24,33H,9,11-13H2,1-6H3/b8-7+,17-14+,20-10+. The smallest absolute Gasteiger partial charge is 0.412 e. The molecule has 0 bridgehead atoms. The maximum Gasteiger partial charge on any atom is 0.412 e. The lowest BCUT2D eigenvalue weighted by atomic mass is 9.75. The first-order valence-corrected chi connectivity index (χ1v) is 12.9. The molecule has 1 aliphatic rings. The summed E-state index contributed by atoms with van der Waals surface area (Å²) in [6.45, 7) is 10.3. The van der Waals surface area contributed by atoms with E-state index in [1.807, 2.05) is 12.3 Å². The molecule has 0 aliphatic carbocycles. The molecule has 9 heteroatoms. The van der Waals surface area contributed by atoms with Gasteiger partial charge in [0.2, 0.25) is 0 Å². The summed E-state index contributed by atoms with van der Waals surface area (Å²) in [6.07, 6.45) is -1.33. The Morgan fingerprint density at radius 1 is 1.28 bits per heavy atom. The van der Waals surface area contributed by atoms with Gasteiger partial charge in [-0.1, -0.05) is 45.9 Å². The van der Waals surface area contributed by atoms with Gasteiger partial charge in [-0.05, 0) is 38.3 Å². The first kappa shape index (κ1) is 30.0. The molecule has 0 saturated heterocycles. The number of aryl methyl sites for hydroxylation is 1. The number of carbonyl (C=O) groups is 2. The number of alkyl halides is 3. The van der Waals surface area contributed by atoms with Crippen LogP contribution in [0.25, 0.3) is 6.08 Å². The number of allylic oxidation sites excluding steroid dienone is 2. The van der Waals surface area contributed by atoms with Crippen molar-refractivity contribution in [2.24, 2.45) is 17.3 Å². The molecule has 0 aromatic carbocycles. The number of aromatic nitrogens is 1. The quantitative estimate of drug-likeness (QED) is 0.346. The number of esters is 1. The Kier molecular flexibility index (Phi) is 10.3. The molecule has 2 rings (SSSR count). The van der Waals surface area contributed by atoms with Crippen LogP contribution in [0.5, 0.6) is 0 Å². The molecule has 5 nitrogen and oxygen atoms in total. The molecule has 1 aromatic rings. The molecular weight excluding hydrogens is 491 g/mol. The van der Waals surface area contributed by atoms with E-state index in [9.17, 15) is 27.9 Å². The van der Waals surface area contributed by atoms with E-state index in [4.69, 9.17) is 4.74 Å². The van der Waals surface area contributed by atoms with E-state index in [2.05, 4.69) is 4.98 Å². The Morgan fingerprint density at radius 3 is 2.53 bits per heavy atom. The number of halogens is 3. The van der Waals surface area contributed by atoms with E-state index in [0.717, 1.165) is 11.1 Å². The topological polar surface area (TPSA) is 76.5 Å². The predicted octanol–water partition coefficient (Wildman–Crippen LogP) is 6.61. The Labute approximate surface area is 215 Å². The molecular formula is C27H36F3NO4S. The van der Waals surface area contributed by atoms with E-state index in [1.165, 1.54) is 23.5 Å². The number of rotatable bonds is 2. The van der Waals surface area contributed by atoms with Crippen molar-refractivity contribution < 1.29 is 32.6 Å². The van der Waals surface area contributed by atoms with E-state index < -0.39 is 53.6 Å². The monoisotopic (exact) mass is 527 g/mol. The van der Waals surface area contributed by atoms with Crippen molar-refractivity contribution in [1.29, 1.82) is 0 Å². The van der Waals surface area contributed by atoms with Crippen molar-refractivity contribution >= 4 is 29.2 Å². The van der Waals surface area contributed by atoms with Gasteiger partial charge in [-0.15, -0.1) is 11.3 Å². The number of hydrogen-bond acceptors (Lipinski definition) is 6. The van der Waals surface area contributed by atoms with Crippen LogP contribution in [0.3, 0.4) is 0 Å². The van der Waals surface area contributed by atoms with E-state index in [1.54, 1.807) is 40.7 Å². The van der Waals surface area contributed by atoms with Crippen molar-refractivity contribution in [3.8, 4) is 0 Å². The van der Waals surface area contributed by atoms with Gasteiger partial charge in [0.25, 0.3) is 0 Å². The minimum atomic E-state index is -4.57. The first-order valence-electron chi connectivity index (χ1n) is 12.1. The Morgan fingerprint density at radius 2 is 1.94 bits per heavy atom. The average molecular weight is 528 g/mol. The van der Waals surface area contributed by atoms with Crippen LogP contribution >= 0.6 is 11.3 Å². The van der Waals surface area contributed by atoms with Crippen LogP contribution in [0.1, 0.15) is 71.0 Å². The summed E-state index contributed by atoms with van der Waals surface area (Å²) in [5.74, 6) is -2.08. The van der Waals surface area contributed by atoms with Crippen LogP contribution in [0.2, 0.25) is 0 Å². The van der Waals surface area contributed by atoms with Gasteiger partial charge >= 0.3 is 12.1 Å². The van der Waals surface area contributed by atoms with Gasteiger partial charge < -0.3 is 9.84 Å². The van der Waals surface area contributed by atoms with Crippen molar-refractivity contribution in [3.05, 3.63) is 45.5 Å². The molecule has 1 aliphatic heterocycles. The number of aliphatic hydroxyl groups is 1. The second kappa shape index (κ2) is 12.3. The highest BCUT2D eigenvalue weighted by Gasteiger charge is 2.37. The molecule has 1 N–H and O–H groups in total. The zero-order chi connectivity index (χ0) is 27.3. The fourth-order valence-corrected chi connectivity index (χ4v) is 4.74. The van der Waals surface area contributed by atoms with E-state index in [-0.39, 0.29) is 25.0 Å². The van der Waals surface area contributed by atoms with Crippen LogP contribution in [-0.4, -0.2) is 40.2 Å². The van der Waals surface area contributed by atoms with Crippen LogP contribution in [0, 0.1) is 24.2 Å². The number of carbonyl (C=O) groups excluding carboxylic acids is 2. The molecule has 0 saturated carbocycles. The van der Waals surface area contributed by atoms with Crippen LogP contribution in [0.4, 0.5) is 13.2 Å². The molecule has 0 radical (unpaired) electrons. The van der Waals surface area contributed by atoms with Gasteiger partial charge in [0, 0.05) is 41.0 Å². The third-order valence-electron chi connectivity index (χ3n) is 6.60. The minimum Gasteiger partial charge on any atom is -0.457 e. The summed E-state index contributed by atoms with van der Waals surface area (Å²) in [5, 5.41) is 13.3. The number of aliphatic hydroxyl groups excluding tert-OH is 1. The Balaban J connectivity index is 2.45. The highest BCUT2D eigenvalue weighted by molar-refractivity contribution is 7.09. The number of cyclic esters (lactones) is 1. The molecule has 0 spiro atoms. The van der Waals surface area contributed by atoms with Gasteiger partial charge in [0.15, 0.2) is 0 Å². The molecule has 200 valence electrons. The molecule has 1 aromatic heterocycles. The van der Waals surface area contributed by atoms with Crippen LogP contribution < -0.4 is 0 Å². The fourth-order valence-electron chi connectivity index (χ4n) is 4.17. The summed E-state index contributed by atoms with van der Waals surface area (Å²) in [5.41, 5.74) is -0.434. The zero-order valence-corrected chi connectivity index (χ0v) is 22.5. The van der Waals surface area contributed by atoms with Crippen molar-refractivity contribution in [1.82, 2.24) is 4.98 Å². The largest absolute Gasteiger partial charge is 0.457 e. The number of nitrogens with zero attached hydrogens (tertiary/aromatic N) is 1. The molecule has 0 fully saturated rings. The lowest BCUT2D eigenvalue weighted by molar-refractivity contribution is -0.148. The second-order valence-electron chi connectivity index (χ2n) is 10.1. The van der Waals surface area contributed by atoms with Crippen molar-refractivity contribution in [3.63, 3.8) is 0 Å². The number of hydrogen-bond donors (Lipinski definition) is 1. The lowest BCUT2D eigenvalue weighted by Gasteiger charge is -2.30. The van der Waals surface area contributed by atoms with Gasteiger partial charge in [-0.3, -0.25) is 9.59 Å². The lowest BCUT2D eigenvalue weighted by Crippen LogP contribution is -2.38. The molecule has 4 atom stereocenters. The van der Waals surface area contributed by atoms with Gasteiger partial charge in [0.05, 0.1) is 16.8 Å². The maximum atomic E-state index is 13.7. The summed E-state index contributed by atoms with van der Waals surface area (Å²) >= 11 is 1.44. The van der Waals surface area contributed by atoms with Crippen LogP contribution in [-0.2, 0) is 14.3 Å². The molecule has 2 heterocycles. The zero-order valence-electron chi connectivity index (χ0n) is 21.7. The summed E-state index contributed by atoms with van der Waals surface area (Å²) in [7, 11) is 0. The first-order chi connectivity index (χ1) is 16.6. The molecule has 36 heavy (non-hydrogen) atoms. The molecule has 0 amide bonds. The number of thiazole rings is 1. The van der Waals surface area contributed by atoms with Crippen LogP contribution in [0.15, 0.2) is 34.8 Å². The number of ether oxygens (including phenoxy) is 1. The van der Waals surface area contributed by atoms with Gasteiger partial charge in [-0.2, -0.15) is 13.2 Å². The minimum absolute atomic E-state index is 0.0769. The highest BCUT2D eigenvalue weighted by atomic mass is 32.1. The average Bonchev–Trinajstić information content (AvgIpc) is 3.20. The fraction of sp³-hybridized carbons (Fsp3) is 0.593. The van der Waals surface area contributed by atoms with E-state index in [0.29, 0.717) is 11.3 Å². The Hall–Kier alpha value is -2.26. The number of Topliss-reactive ketones (excluding diaryl/α,β-unsaturated/α-hetero) is 1. The van der Waals surface area contributed by atoms with Gasteiger partial charge in [-0.25, -0.2) is 4.98 Å². The second-order valence-corrected chi connectivity index (χ2v) is 11.2. The van der Waals surface area contributed by atoms with Crippen molar-refractivity contribution in [2.45, 2.75) is 85.6 Å². The third-order valence-corrected chi connectivity index (χ3v) is 7.39.